The maximum atomic E-state index is 12.1. The van der Waals surface area contributed by atoms with Gasteiger partial charge in [0, 0.05) is 12.5 Å². The molecule has 0 unspecified atom stereocenters. The van der Waals surface area contributed by atoms with Crippen LogP contribution in [0.4, 0.5) is 13.2 Å². The van der Waals surface area contributed by atoms with Crippen LogP contribution < -0.4 is 10.5 Å². The second-order valence-electron chi connectivity index (χ2n) is 4.04. The third-order valence-electron chi connectivity index (χ3n) is 2.52. The Hall–Kier alpha value is -0.660. The van der Waals surface area contributed by atoms with Crippen LogP contribution in [-0.2, 0) is 0 Å². The third-order valence-corrected chi connectivity index (χ3v) is 3.12. The molecule has 1 aromatic rings. The Morgan fingerprint density at radius 3 is 2.50 bits per heavy atom. The molecule has 0 fully saturated rings. The number of alkyl halides is 3. The van der Waals surface area contributed by atoms with Crippen LogP contribution in [0.1, 0.15) is 31.4 Å². The van der Waals surface area contributed by atoms with E-state index in [-0.39, 0.29) is 30.3 Å². The number of ether oxygens (including phenoxy) is 1. The topological polar surface area (TPSA) is 55.5 Å². The largest absolute Gasteiger partial charge is 0.503 e. The van der Waals surface area contributed by atoms with Gasteiger partial charge in [0.2, 0.25) is 0 Å². The molecule has 0 spiro atoms. The lowest BCUT2D eigenvalue weighted by molar-refractivity contribution is -0.136. The highest BCUT2D eigenvalue weighted by molar-refractivity contribution is 9.10. The molecular weight excluding hydrogens is 362 g/mol. The van der Waals surface area contributed by atoms with Crippen LogP contribution in [-0.4, -0.2) is 17.9 Å². The van der Waals surface area contributed by atoms with Gasteiger partial charge in [0.1, 0.15) is 0 Å². The molecule has 3 nitrogen and oxygen atoms in total. The van der Waals surface area contributed by atoms with Crippen LogP contribution in [0.25, 0.3) is 0 Å². The summed E-state index contributed by atoms with van der Waals surface area (Å²) in [7, 11) is 0. The van der Waals surface area contributed by atoms with Gasteiger partial charge in [-0.15, -0.1) is 12.4 Å². The number of halogens is 5. The Morgan fingerprint density at radius 1 is 1.40 bits per heavy atom. The SMILES string of the molecule is CCOc1cc([C@H](N)CCC(F)(F)F)cc(Br)c1O.Cl. The van der Waals surface area contributed by atoms with E-state index >= 15 is 0 Å². The van der Waals surface area contributed by atoms with E-state index in [1.165, 1.54) is 12.1 Å². The first kappa shape index (κ1) is 19.3. The molecule has 0 amide bonds. The minimum absolute atomic E-state index is 0. The fourth-order valence-electron chi connectivity index (χ4n) is 1.56. The Kier molecular flexibility index (Phi) is 7.69. The average molecular weight is 379 g/mol. The molecule has 1 atom stereocenters. The number of phenolic OH excluding ortho intramolecular Hbond substituents is 1. The van der Waals surface area contributed by atoms with E-state index < -0.39 is 18.6 Å². The number of nitrogens with two attached hydrogens (primary N) is 1. The van der Waals surface area contributed by atoms with Gasteiger partial charge in [-0.1, -0.05) is 0 Å². The molecule has 0 radical (unpaired) electrons. The van der Waals surface area contributed by atoms with E-state index in [9.17, 15) is 18.3 Å². The molecule has 0 aliphatic rings. The number of hydrogen-bond acceptors (Lipinski definition) is 3. The quantitative estimate of drug-likeness (QED) is 0.802. The summed E-state index contributed by atoms with van der Waals surface area (Å²) in [5.74, 6) is 0.114. The van der Waals surface area contributed by atoms with Gasteiger partial charge in [0.05, 0.1) is 11.1 Å². The van der Waals surface area contributed by atoms with E-state index in [0.717, 1.165) is 0 Å². The standard InChI is InChI=1S/C12H15BrF3NO2.ClH/c1-2-19-10-6-7(5-8(13)11(10)18)9(17)3-4-12(14,15)16;/h5-6,9,18H,2-4,17H2,1H3;1H/t9-;/m1./s1. The average Bonchev–Trinajstić information content (AvgIpc) is 2.31. The van der Waals surface area contributed by atoms with E-state index in [1.54, 1.807) is 6.92 Å². The third kappa shape index (κ3) is 5.76. The lowest BCUT2D eigenvalue weighted by atomic mass is 10.0. The predicted octanol–water partition coefficient (Wildman–Crippen LogP) is 4.32. The van der Waals surface area contributed by atoms with Crippen LogP contribution in [0.2, 0.25) is 0 Å². The first-order chi connectivity index (χ1) is 8.74. The van der Waals surface area contributed by atoms with Crippen molar-refractivity contribution in [3.8, 4) is 11.5 Å². The van der Waals surface area contributed by atoms with Crippen molar-refractivity contribution in [2.45, 2.75) is 32.0 Å². The molecule has 0 heterocycles. The number of phenols is 1. The maximum absolute atomic E-state index is 12.1. The molecular formula is C12H16BrClF3NO2. The van der Waals surface area contributed by atoms with Crippen LogP contribution in [0.3, 0.4) is 0 Å². The normalized spacial score (nSPS) is 12.7. The zero-order valence-electron chi connectivity index (χ0n) is 10.7. The van der Waals surface area contributed by atoms with Gasteiger partial charge in [-0.25, -0.2) is 0 Å². The van der Waals surface area contributed by atoms with Gasteiger partial charge < -0.3 is 15.6 Å². The number of rotatable bonds is 5. The van der Waals surface area contributed by atoms with Crippen molar-refractivity contribution in [1.29, 1.82) is 0 Å². The minimum Gasteiger partial charge on any atom is -0.503 e. The van der Waals surface area contributed by atoms with Crippen molar-refractivity contribution < 1.29 is 23.0 Å². The van der Waals surface area contributed by atoms with Crippen LogP contribution >= 0.6 is 28.3 Å². The summed E-state index contributed by atoms with van der Waals surface area (Å²) >= 11 is 3.12. The van der Waals surface area contributed by atoms with E-state index in [1.807, 2.05) is 0 Å². The zero-order valence-corrected chi connectivity index (χ0v) is 13.1. The van der Waals surface area contributed by atoms with Crippen molar-refractivity contribution in [3.63, 3.8) is 0 Å². The smallest absolute Gasteiger partial charge is 0.389 e. The first-order valence-corrected chi connectivity index (χ1v) is 6.51. The highest BCUT2D eigenvalue weighted by atomic mass is 79.9. The zero-order chi connectivity index (χ0) is 14.6. The molecule has 1 rings (SSSR count). The van der Waals surface area contributed by atoms with Crippen molar-refractivity contribution >= 4 is 28.3 Å². The van der Waals surface area contributed by atoms with Crippen molar-refractivity contribution in [3.05, 3.63) is 22.2 Å². The Bertz CT molecular complexity index is 443. The molecule has 0 saturated carbocycles. The number of aromatic hydroxyl groups is 1. The highest BCUT2D eigenvalue weighted by Crippen LogP contribution is 2.38. The molecule has 0 aromatic heterocycles. The minimum atomic E-state index is -4.23. The van der Waals surface area contributed by atoms with E-state index in [4.69, 9.17) is 10.5 Å². The first-order valence-electron chi connectivity index (χ1n) is 5.72. The number of benzene rings is 1. The maximum Gasteiger partial charge on any atom is 0.389 e. The van der Waals surface area contributed by atoms with Gasteiger partial charge >= 0.3 is 6.18 Å². The molecule has 3 N–H and O–H groups in total. The van der Waals surface area contributed by atoms with Crippen LogP contribution in [0, 0.1) is 0 Å². The molecule has 20 heavy (non-hydrogen) atoms. The lowest BCUT2D eigenvalue weighted by Gasteiger charge is -2.16. The molecule has 0 aliphatic heterocycles. The summed E-state index contributed by atoms with van der Waals surface area (Å²) in [5, 5.41) is 9.70. The van der Waals surface area contributed by atoms with Gasteiger partial charge in [-0.3, -0.25) is 0 Å². The second kappa shape index (κ2) is 7.95. The van der Waals surface area contributed by atoms with Gasteiger partial charge in [-0.05, 0) is 47.0 Å². The van der Waals surface area contributed by atoms with Gasteiger partial charge in [0.15, 0.2) is 11.5 Å². The molecule has 1 aromatic carbocycles. The summed E-state index contributed by atoms with van der Waals surface area (Å²) in [6, 6.07) is 2.20. The van der Waals surface area contributed by atoms with Crippen LogP contribution in [0.15, 0.2) is 16.6 Å². The monoisotopic (exact) mass is 377 g/mol. The van der Waals surface area contributed by atoms with Gasteiger partial charge in [0.25, 0.3) is 0 Å². The summed E-state index contributed by atoms with van der Waals surface area (Å²) in [6.45, 7) is 2.07. The van der Waals surface area contributed by atoms with Crippen molar-refractivity contribution in [2.75, 3.05) is 6.61 Å². The number of hydrogen-bond donors (Lipinski definition) is 2. The molecule has 0 saturated heterocycles. The summed E-state index contributed by atoms with van der Waals surface area (Å²) in [5.41, 5.74) is 6.21. The van der Waals surface area contributed by atoms with E-state index in [0.29, 0.717) is 16.6 Å². The summed E-state index contributed by atoms with van der Waals surface area (Å²) in [4.78, 5) is 0. The Morgan fingerprint density at radius 2 is 2.00 bits per heavy atom. The van der Waals surface area contributed by atoms with Crippen LogP contribution in [0.5, 0.6) is 11.5 Å². The summed E-state index contributed by atoms with van der Waals surface area (Å²) in [6.07, 6.45) is -5.39. The van der Waals surface area contributed by atoms with E-state index in [2.05, 4.69) is 15.9 Å². The lowest BCUT2D eigenvalue weighted by Crippen LogP contribution is -2.16. The summed E-state index contributed by atoms with van der Waals surface area (Å²) < 4.78 is 42.0. The molecule has 8 heteroatoms. The fraction of sp³-hybridized carbons (Fsp3) is 0.500. The molecule has 0 aliphatic carbocycles. The highest BCUT2D eigenvalue weighted by Gasteiger charge is 2.28. The molecule has 116 valence electrons. The van der Waals surface area contributed by atoms with Crippen molar-refractivity contribution in [1.82, 2.24) is 0 Å². The van der Waals surface area contributed by atoms with Gasteiger partial charge in [-0.2, -0.15) is 13.2 Å². The molecule has 0 bridgehead atoms. The Labute approximate surface area is 129 Å². The second-order valence-corrected chi connectivity index (χ2v) is 4.90. The fourth-order valence-corrected chi connectivity index (χ4v) is 2.02. The van der Waals surface area contributed by atoms with Crippen molar-refractivity contribution in [2.24, 2.45) is 5.73 Å². The Balaban J connectivity index is 0.00000361. The predicted molar refractivity (Wildman–Crippen MR) is 76.4 cm³/mol.